The Kier molecular flexibility index (Phi) is 7.68. The average molecular weight is 500 g/mol. The van der Waals surface area contributed by atoms with Gasteiger partial charge in [-0.3, -0.25) is 14.5 Å². The van der Waals surface area contributed by atoms with Gasteiger partial charge in [-0.2, -0.15) is 0 Å². The van der Waals surface area contributed by atoms with Crippen LogP contribution in [0.15, 0.2) is 67.1 Å². The molecule has 1 aliphatic rings. The topological polar surface area (TPSA) is 124 Å². The molecule has 0 atom stereocenters. The van der Waals surface area contributed by atoms with Gasteiger partial charge in [-0.25, -0.2) is 9.97 Å². The Morgan fingerprint density at radius 3 is 2.73 bits per heavy atom. The molecule has 2 aromatic heterocycles. The molecular weight excluding hydrogens is 470 g/mol. The molecule has 1 fully saturated rings. The Morgan fingerprint density at radius 1 is 1.00 bits per heavy atom. The van der Waals surface area contributed by atoms with Crippen LogP contribution in [0.25, 0.3) is 21.8 Å². The van der Waals surface area contributed by atoms with E-state index in [2.05, 4.69) is 35.8 Å². The van der Waals surface area contributed by atoms with Crippen LogP contribution in [0, 0.1) is 0 Å². The van der Waals surface area contributed by atoms with Gasteiger partial charge in [-0.15, -0.1) is 0 Å². The smallest absolute Gasteiger partial charge is 0.248 e. The maximum absolute atomic E-state index is 12.4. The van der Waals surface area contributed by atoms with Crippen molar-refractivity contribution in [2.75, 3.05) is 50.0 Å². The van der Waals surface area contributed by atoms with Gasteiger partial charge in [0.2, 0.25) is 11.8 Å². The summed E-state index contributed by atoms with van der Waals surface area (Å²) in [6, 6.07) is 13.4. The first-order valence-electron chi connectivity index (χ1n) is 12.3. The molecule has 1 aliphatic heterocycles. The van der Waals surface area contributed by atoms with Crippen molar-refractivity contribution in [2.24, 2.45) is 0 Å². The summed E-state index contributed by atoms with van der Waals surface area (Å²) in [5.74, 6) is -0.0648. The van der Waals surface area contributed by atoms with Crippen LogP contribution < -0.4 is 16.0 Å². The standard InChI is InChI=1S/C27H29N7O3/c35-25(29-9-1-11-34-12-14-37-15-13-34)6-7-26(36)32-21-3-5-24-22(17-21)27(31-18-30-24)33-20-2-4-23-19(16-20)8-10-28-23/h2-8,10,16-18,28H,1,9,11-15H2,(H,29,35)(H,32,36)(H,30,31,33)/b7-6+. The van der Waals surface area contributed by atoms with Gasteiger partial charge in [-0.1, -0.05) is 0 Å². The van der Waals surface area contributed by atoms with Crippen LogP contribution in [0.5, 0.6) is 0 Å². The quantitative estimate of drug-likeness (QED) is 0.206. The molecule has 1 saturated heterocycles. The van der Waals surface area contributed by atoms with Crippen LogP contribution in [0.2, 0.25) is 0 Å². The number of carbonyl (C=O) groups excluding carboxylic acids is 2. The normalized spacial score (nSPS) is 14.3. The molecule has 2 aromatic carbocycles. The largest absolute Gasteiger partial charge is 0.379 e. The fourth-order valence-corrected chi connectivity index (χ4v) is 4.24. The van der Waals surface area contributed by atoms with Crippen molar-refractivity contribution in [3.63, 3.8) is 0 Å². The Bertz CT molecular complexity index is 1430. The van der Waals surface area contributed by atoms with E-state index in [1.165, 1.54) is 18.5 Å². The van der Waals surface area contributed by atoms with Crippen molar-refractivity contribution in [1.82, 2.24) is 25.2 Å². The van der Waals surface area contributed by atoms with E-state index in [9.17, 15) is 9.59 Å². The number of benzene rings is 2. The molecule has 0 saturated carbocycles. The number of anilines is 3. The second-order valence-electron chi connectivity index (χ2n) is 8.78. The maximum Gasteiger partial charge on any atom is 0.248 e. The summed E-state index contributed by atoms with van der Waals surface area (Å²) in [4.78, 5) is 38.7. The third kappa shape index (κ3) is 6.49. The van der Waals surface area contributed by atoms with E-state index in [1.807, 2.05) is 42.6 Å². The zero-order valence-corrected chi connectivity index (χ0v) is 20.4. The first-order valence-corrected chi connectivity index (χ1v) is 12.3. The van der Waals surface area contributed by atoms with E-state index in [0.717, 1.165) is 66.8 Å². The minimum absolute atomic E-state index is 0.296. The maximum atomic E-state index is 12.4. The van der Waals surface area contributed by atoms with Gasteiger partial charge in [-0.05, 0) is 55.4 Å². The second kappa shape index (κ2) is 11.6. The second-order valence-corrected chi connectivity index (χ2v) is 8.78. The number of amides is 2. The van der Waals surface area contributed by atoms with Crippen molar-refractivity contribution in [3.05, 3.63) is 67.1 Å². The number of hydrogen-bond acceptors (Lipinski definition) is 7. The van der Waals surface area contributed by atoms with Gasteiger partial charge in [0.1, 0.15) is 12.1 Å². The number of nitrogens with zero attached hydrogens (tertiary/aromatic N) is 3. The van der Waals surface area contributed by atoms with E-state index in [1.54, 1.807) is 6.07 Å². The lowest BCUT2D eigenvalue weighted by Crippen LogP contribution is -2.38. The third-order valence-corrected chi connectivity index (χ3v) is 6.16. The van der Waals surface area contributed by atoms with Gasteiger partial charge in [0, 0.05) is 65.6 Å². The van der Waals surface area contributed by atoms with Crippen LogP contribution in [-0.2, 0) is 14.3 Å². The number of rotatable bonds is 9. The van der Waals surface area contributed by atoms with E-state index in [-0.39, 0.29) is 5.91 Å². The summed E-state index contributed by atoms with van der Waals surface area (Å²) in [6.07, 6.45) is 6.72. The van der Waals surface area contributed by atoms with Gasteiger partial charge in [0.25, 0.3) is 0 Å². The summed E-state index contributed by atoms with van der Waals surface area (Å²) in [5.41, 5.74) is 3.26. The molecule has 37 heavy (non-hydrogen) atoms. The lowest BCUT2D eigenvalue weighted by molar-refractivity contribution is -0.117. The van der Waals surface area contributed by atoms with Crippen LogP contribution in [0.3, 0.4) is 0 Å². The Morgan fingerprint density at radius 2 is 1.84 bits per heavy atom. The summed E-state index contributed by atoms with van der Waals surface area (Å²) in [6.45, 7) is 4.84. The molecule has 0 aliphatic carbocycles. The van der Waals surface area contributed by atoms with Gasteiger partial charge in [0.05, 0.1) is 18.7 Å². The van der Waals surface area contributed by atoms with Crippen LogP contribution in [0.1, 0.15) is 6.42 Å². The molecule has 190 valence electrons. The van der Waals surface area contributed by atoms with Crippen LogP contribution >= 0.6 is 0 Å². The molecule has 0 unspecified atom stereocenters. The molecule has 10 heteroatoms. The number of hydrogen-bond donors (Lipinski definition) is 4. The van der Waals surface area contributed by atoms with E-state index in [4.69, 9.17) is 4.74 Å². The molecule has 3 heterocycles. The fraction of sp³-hybridized carbons (Fsp3) is 0.259. The number of fused-ring (bicyclic) bond motifs is 2. The minimum Gasteiger partial charge on any atom is -0.379 e. The number of ether oxygens (including phenoxy) is 1. The molecule has 10 nitrogen and oxygen atoms in total. The van der Waals surface area contributed by atoms with E-state index < -0.39 is 5.91 Å². The number of aromatic nitrogens is 3. The van der Waals surface area contributed by atoms with E-state index >= 15 is 0 Å². The van der Waals surface area contributed by atoms with Crippen molar-refractivity contribution in [2.45, 2.75) is 6.42 Å². The van der Waals surface area contributed by atoms with Crippen LogP contribution in [0.4, 0.5) is 17.2 Å². The number of nitrogens with one attached hydrogen (secondary N) is 4. The Hall–Kier alpha value is -4.28. The zero-order chi connectivity index (χ0) is 25.5. The lowest BCUT2D eigenvalue weighted by atomic mass is 10.2. The highest BCUT2D eigenvalue weighted by Crippen LogP contribution is 2.27. The minimum atomic E-state index is -0.396. The van der Waals surface area contributed by atoms with Crippen LogP contribution in [-0.4, -0.2) is 71.1 Å². The molecule has 0 radical (unpaired) electrons. The zero-order valence-electron chi connectivity index (χ0n) is 20.4. The fourth-order valence-electron chi connectivity index (χ4n) is 4.24. The molecule has 4 N–H and O–H groups in total. The molecule has 2 amide bonds. The summed E-state index contributed by atoms with van der Waals surface area (Å²) in [7, 11) is 0. The van der Waals surface area contributed by atoms with Crippen molar-refractivity contribution < 1.29 is 14.3 Å². The summed E-state index contributed by atoms with van der Waals surface area (Å²) in [5, 5.41) is 10.8. The van der Waals surface area contributed by atoms with Gasteiger partial charge < -0.3 is 25.7 Å². The average Bonchev–Trinajstić information content (AvgIpc) is 3.39. The SMILES string of the molecule is O=C(/C=C/C(=O)Nc1ccc2ncnc(Nc3ccc4[nH]ccc4c3)c2c1)NCCCN1CCOCC1. The number of H-pyrrole nitrogens is 1. The molecule has 5 rings (SSSR count). The van der Waals surface area contributed by atoms with E-state index in [0.29, 0.717) is 18.1 Å². The lowest BCUT2D eigenvalue weighted by Gasteiger charge is -2.26. The first-order chi connectivity index (χ1) is 18.1. The highest BCUT2D eigenvalue weighted by atomic mass is 16.5. The molecular formula is C27H29N7O3. The highest BCUT2D eigenvalue weighted by molar-refractivity contribution is 6.05. The monoisotopic (exact) mass is 499 g/mol. The Balaban J connectivity index is 1.16. The molecule has 0 bridgehead atoms. The highest BCUT2D eigenvalue weighted by Gasteiger charge is 2.10. The molecule has 4 aromatic rings. The number of morpholine rings is 1. The first kappa shape index (κ1) is 24.4. The summed E-state index contributed by atoms with van der Waals surface area (Å²) >= 11 is 0. The van der Waals surface area contributed by atoms with Crippen molar-refractivity contribution in [3.8, 4) is 0 Å². The predicted molar refractivity (Wildman–Crippen MR) is 144 cm³/mol. The third-order valence-electron chi connectivity index (χ3n) is 6.16. The predicted octanol–water partition coefficient (Wildman–Crippen LogP) is 3.19. The number of carbonyl (C=O) groups is 2. The van der Waals surface area contributed by atoms with Crippen molar-refractivity contribution >= 4 is 50.8 Å². The molecule has 0 spiro atoms. The number of aromatic amines is 1. The van der Waals surface area contributed by atoms with Crippen molar-refractivity contribution in [1.29, 1.82) is 0 Å². The van der Waals surface area contributed by atoms with Gasteiger partial charge in [0.15, 0.2) is 0 Å². The summed E-state index contributed by atoms with van der Waals surface area (Å²) < 4.78 is 5.33. The Labute approximate surface area is 214 Å². The van der Waals surface area contributed by atoms with Gasteiger partial charge >= 0.3 is 0 Å².